The molecule has 33 heavy (non-hydrogen) atoms. The maximum atomic E-state index is 11.4. The molecule has 0 aliphatic rings. The predicted octanol–water partition coefficient (Wildman–Crippen LogP) is 3.48. The minimum atomic E-state index is -0.955. The van der Waals surface area contributed by atoms with Gasteiger partial charge in [0.2, 0.25) is 0 Å². The van der Waals surface area contributed by atoms with E-state index in [4.69, 9.17) is 15.7 Å². The molecular formula is C25H30N6O2. The molecule has 0 saturated carbocycles. The highest BCUT2D eigenvalue weighted by atomic mass is 16.4. The molecule has 0 spiro atoms. The van der Waals surface area contributed by atoms with Crippen molar-refractivity contribution in [2.45, 2.75) is 19.3 Å². The van der Waals surface area contributed by atoms with Gasteiger partial charge in [-0.2, -0.15) is 0 Å². The number of carboxylic acids is 1. The Morgan fingerprint density at radius 2 is 1.91 bits per heavy atom. The lowest BCUT2D eigenvalue weighted by atomic mass is 10.1. The zero-order chi connectivity index (χ0) is 23.2. The van der Waals surface area contributed by atoms with Crippen LogP contribution < -0.4 is 11.1 Å². The summed E-state index contributed by atoms with van der Waals surface area (Å²) in [5.74, 6) is 0.523. The van der Waals surface area contributed by atoms with Gasteiger partial charge in [-0.1, -0.05) is 36.4 Å². The number of anilines is 1. The third-order valence-corrected chi connectivity index (χ3v) is 5.70. The highest BCUT2D eigenvalue weighted by Gasteiger charge is 2.16. The molecule has 0 radical (unpaired) electrons. The van der Waals surface area contributed by atoms with Crippen molar-refractivity contribution >= 4 is 33.7 Å². The summed E-state index contributed by atoms with van der Waals surface area (Å²) < 4.78 is 0. The SMILES string of the molecule is CN(CCCN)CCCNc1nc(Cc2ccccc2)nc2[nH]c3cc(C(=O)O)ccc3c12. The van der Waals surface area contributed by atoms with Crippen LogP contribution >= 0.6 is 0 Å². The number of H-pyrrole nitrogens is 1. The van der Waals surface area contributed by atoms with Crippen molar-refractivity contribution in [1.29, 1.82) is 0 Å². The molecule has 0 bridgehead atoms. The molecule has 0 saturated heterocycles. The zero-order valence-corrected chi connectivity index (χ0v) is 18.8. The van der Waals surface area contributed by atoms with Crippen molar-refractivity contribution in [3.05, 3.63) is 65.5 Å². The summed E-state index contributed by atoms with van der Waals surface area (Å²) in [7, 11) is 2.11. The fourth-order valence-corrected chi connectivity index (χ4v) is 3.99. The van der Waals surface area contributed by atoms with Crippen LogP contribution in [0.3, 0.4) is 0 Å². The van der Waals surface area contributed by atoms with Crippen LogP contribution in [0.25, 0.3) is 21.9 Å². The molecule has 0 aliphatic carbocycles. The molecule has 0 aliphatic heterocycles. The lowest BCUT2D eigenvalue weighted by Gasteiger charge is -2.16. The third kappa shape index (κ3) is 5.47. The van der Waals surface area contributed by atoms with Gasteiger partial charge in [-0.3, -0.25) is 0 Å². The van der Waals surface area contributed by atoms with Crippen LogP contribution in [0, 0.1) is 0 Å². The fraction of sp³-hybridized carbons (Fsp3) is 0.320. The standard InChI is InChI=1S/C25H30N6O2/c1-31(13-5-11-26)14-6-12-27-23-22-19-10-9-18(25(32)33)16-20(19)28-24(22)30-21(29-23)15-17-7-3-2-4-8-17/h2-4,7-10,16H,5-6,11-15,26H2,1H3,(H,32,33)(H2,27,28,29,30). The summed E-state index contributed by atoms with van der Waals surface area (Å²) in [6.07, 6.45) is 2.57. The number of aromatic nitrogens is 3. The van der Waals surface area contributed by atoms with E-state index in [1.165, 1.54) is 0 Å². The van der Waals surface area contributed by atoms with Crippen molar-refractivity contribution in [3.8, 4) is 0 Å². The predicted molar refractivity (Wildman–Crippen MR) is 132 cm³/mol. The number of carbonyl (C=O) groups is 1. The van der Waals surface area contributed by atoms with Gasteiger partial charge in [0, 0.05) is 23.9 Å². The summed E-state index contributed by atoms with van der Waals surface area (Å²) in [5.41, 5.74) is 8.41. The highest BCUT2D eigenvalue weighted by Crippen LogP contribution is 2.30. The Bertz CT molecular complexity index is 1240. The van der Waals surface area contributed by atoms with Crippen LogP contribution in [0.1, 0.15) is 34.6 Å². The normalized spacial score (nSPS) is 11.5. The first-order chi connectivity index (χ1) is 16.0. The van der Waals surface area contributed by atoms with Gasteiger partial charge in [-0.15, -0.1) is 0 Å². The zero-order valence-electron chi connectivity index (χ0n) is 18.8. The van der Waals surface area contributed by atoms with Crippen LogP contribution in [-0.4, -0.2) is 64.2 Å². The van der Waals surface area contributed by atoms with Gasteiger partial charge < -0.3 is 26.0 Å². The maximum Gasteiger partial charge on any atom is 0.335 e. The lowest BCUT2D eigenvalue weighted by molar-refractivity contribution is 0.0697. The van der Waals surface area contributed by atoms with Gasteiger partial charge in [-0.05, 0) is 57.2 Å². The molecule has 0 unspecified atom stereocenters. The highest BCUT2D eigenvalue weighted by molar-refractivity contribution is 6.12. The summed E-state index contributed by atoms with van der Waals surface area (Å²) in [6.45, 7) is 3.43. The lowest BCUT2D eigenvalue weighted by Crippen LogP contribution is -2.24. The number of nitrogens with two attached hydrogens (primary N) is 1. The first-order valence-electron chi connectivity index (χ1n) is 11.3. The van der Waals surface area contributed by atoms with Crippen molar-refractivity contribution in [1.82, 2.24) is 19.9 Å². The number of aromatic amines is 1. The Morgan fingerprint density at radius 3 is 2.67 bits per heavy atom. The topological polar surface area (TPSA) is 120 Å². The number of aromatic carboxylic acids is 1. The Balaban J connectivity index is 1.63. The molecule has 2 heterocycles. The van der Waals surface area contributed by atoms with E-state index >= 15 is 0 Å². The van der Waals surface area contributed by atoms with E-state index in [2.05, 4.69) is 34.4 Å². The second-order valence-electron chi connectivity index (χ2n) is 8.29. The molecular weight excluding hydrogens is 416 g/mol. The maximum absolute atomic E-state index is 11.4. The van der Waals surface area contributed by atoms with Crippen LogP contribution in [0.2, 0.25) is 0 Å². The second-order valence-corrected chi connectivity index (χ2v) is 8.29. The third-order valence-electron chi connectivity index (χ3n) is 5.70. The van der Waals surface area contributed by atoms with E-state index in [-0.39, 0.29) is 5.56 Å². The van der Waals surface area contributed by atoms with Crippen LogP contribution in [0.15, 0.2) is 48.5 Å². The average Bonchev–Trinajstić information content (AvgIpc) is 3.18. The molecule has 172 valence electrons. The minimum Gasteiger partial charge on any atom is -0.478 e. The quantitative estimate of drug-likeness (QED) is 0.260. The molecule has 0 atom stereocenters. The Hall–Kier alpha value is -3.49. The van der Waals surface area contributed by atoms with Gasteiger partial charge in [0.05, 0.1) is 10.9 Å². The van der Waals surface area contributed by atoms with E-state index in [0.29, 0.717) is 24.4 Å². The van der Waals surface area contributed by atoms with Gasteiger partial charge in [0.1, 0.15) is 17.3 Å². The first kappa shape index (κ1) is 22.7. The Morgan fingerprint density at radius 1 is 1.12 bits per heavy atom. The van der Waals surface area contributed by atoms with E-state index < -0.39 is 5.97 Å². The monoisotopic (exact) mass is 446 g/mol. The Kier molecular flexibility index (Phi) is 7.16. The van der Waals surface area contributed by atoms with Crippen LogP contribution in [-0.2, 0) is 6.42 Å². The summed E-state index contributed by atoms with van der Waals surface area (Å²) in [4.78, 5) is 26.6. The van der Waals surface area contributed by atoms with Gasteiger partial charge >= 0.3 is 5.97 Å². The van der Waals surface area contributed by atoms with E-state index in [1.807, 2.05) is 24.3 Å². The van der Waals surface area contributed by atoms with E-state index in [9.17, 15) is 9.90 Å². The van der Waals surface area contributed by atoms with Crippen LogP contribution in [0.5, 0.6) is 0 Å². The molecule has 8 nitrogen and oxygen atoms in total. The molecule has 5 N–H and O–H groups in total. The van der Waals surface area contributed by atoms with Gasteiger partial charge in [0.15, 0.2) is 0 Å². The number of fused-ring (bicyclic) bond motifs is 3. The smallest absolute Gasteiger partial charge is 0.335 e. The molecule has 0 amide bonds. The molecule has 4 aromatic rings. The molecule has 0 fully saturated rings. The fourth-order valence-electron chi connectivity index (χ4n) is 3.99. The van der Waals surface area contributed by atoms with Crippen molar-refractivity contribution in [2.24, 2.45) is 5.73 Å². The number of hydrogen-bond donors (Lipinski definition) is 4. The second kappa shape index (κ2) is 10.4. The molecule has 2 aromatic carbocycles. The average molecular weight is 447 g/mol. The minimum absolute atomic E-state index is 0.238. The van der Waals surface area contributed by atoms with Crippen LogP contribution in [0.4, 0.5) is 5.82 Å². The van der Waals surface area contributed by atoms with Gasteiger partial charge in [-0.25, -0.2) is 14.8 Å². The summed E-state index contributed by atoms with van der Waals surface area (Å²) in [6, 6.07) is 15.2. The number of rotatable bonds is 11. The number of nitrogens with zero attached hydrogens (tertiary/aromatic N) is 3. The van der Waals surface area contributed by atoms with Crippen molar-refractivity contribution in [3.63, 3.8) is 0 Å². The summed E-state index contributed by atoms with van der Waals surface area (Å²) >= 11 is 0. The Labute approximate surface area is 192 Å². The number of benzene rings is 2. The number of nitrogens with one attached hydrogen (secondary N) is 2. The molecule has 8 heteroatoms. The molecule has 2 aromatic heterocycles. The largest absolute Gasteiger partial charge is 0.478 e. The summed E-state index contributed by atoms with van der Waals surface area (Å²) in [5, 5.41) is 14.7. The van der Waals surface area contributed by atoms with Crippen molar-refractivity contribution in [2.75, 3.05) is 38.5 Å². The van der Waals surface area contributed by atoms with E-state index in [0.717, 1.165) is 60.1 Å². The van der Waals surface area contributed by atoms with E-state index in [1.54, 1.807) is 12.1 Å². The molecule has 4 rings (SSSR count). The van der Waals surface area contributed by atoms with Gasteiger partial charge in [0.25, 0.3) is 0 Å². The van der Waals surface area contributed by atoms with Crippen molar-refractivity contribution < 1.29 is 9.90 Å². The number of carboxylic acid groups (broad SMARTS) is 1. The first-order valence-corrected chi connectivity index (χ1v) is 11.3. The number of hydrogen-bond acceptors (Lipinski definition) is 6.